The largest absolute Gasteiger partial charge is 1.00 e. The average Bonchev–Trinajstić information content (AvgIpc) is 1.62. The van der Waals surface area contributed by atoms with Gasteiger partial charge in [-0.25, -0.2) is 0 Å². The normalized spacial score (nSPS) is 10.4. The van der Waals surface area contributed by atoms with Gasteiger partial charge in [-0.05, 0) is 144 Å². The molecule has 2 aromatic heterocycles. The third kappa shape index (κ3) is 21.2. The zero-order chi connectivity index (χ0) is 66.3. The van der Waals surface area contributed by atoms with Crippen LogP contribution in [-0.2, 0) is 104 Å². The van der Waals surface area contributed by atoms with Crippen LogP contribution in [-0.4, -0.2) is 33.8 Å². The molecule has 0 aliphatic rings. The van der Waals surface area contributed by atoms with Gasteiger partial charge in [0.05, 0.1) is 98.8 Å². The number of nitrogens with zero attached hydrogens (tertiary/aromatic N) is 2. The van der Waals surface area contributed by atoms with E-state index in [2.05, 4.69) is 275 Å². The monoisotopic (exact) mass is 2100 g/mol. The van der Waals surface area contributed by atoms with Crippen LogP contribution in [0.5, 0.6) is 0 Å². The molecule has 0 fully saturated rings. The van der Waals surface area contributed by atoms with Crippen molar-refractivity contribution in [1.29, 1.82) is 0 Å². The molecule has 508 valence electrons. The fourth-order valence-electron chi connectivity index (χ4n) is 12.9. The van der Waals surface area contributed by atoms with Crippen molar-refractivity contribution >= 4 is 118 Å². The fourth-order valence-corrected chi connectivity index (χ4v) is 23.7. The number of aryl methyl sites for hydroxylation is 2. The van der Waals surface area contributed by atoms with Crippen molar-refractivity contribution in [1.82, 2.24) is 9.13 Å². The molecule has 100 heavy (non-hydrogen) atoms. The summed E-state index contributed by atoms with van der Waals surface area (Å²) in [6.45, 7) is 0. The van der Waals surface area contributed by atoms with E-state index in [1.807, 2.05) is 86.9 Å². The van der Waals surface area contributed by atoms with Crippen molar-refractivity contribution in [3.63, 3.8) is 0 Å². The van der Waals surface area contributed by atoms with E-state index in [0.29, 0.717) is 0 Å². The standard InChI is InChI=1S/2C28H28P2.2C17H9N.4Au/c2*1-5-15-25(16-6-1)29(26-17-7-2-8-18-26)23-13-14-24-30(27-19-9-3-10-20-27)28-21-11-4-12-22-28;2*1-4-12-6-8-16-14(10-12)15-11-13(5-2)7-9-17(15)18(16)3;;;;/h2*1-12,15-22H,13-14,23-24H2;2*6-11H,3H3;;;;/q;;2*-2;4*+1/p+4. The molecule has 0 bridgehead atoms. The minimum atomic E-state index is -0.714. The number of hydrogen-bond acceptors (Lipinski definition) is 0. The topological polar surface area (TPSA) is 9.86 Å². The predicted molar refractivity (Wildman–Crippen MR) is 426 cm³/mol. The Morgan fingerprint density at radius 1 is 0.230 bits per heavy atom. The fraction of sp³-hybridized carbons (Fsp3) is 0.111. The van der Waals surface area contributed by atoms with Gasteiger partial charge in [-0.1, -0.05) is 170 Å². The molecule has 0 aliphatic heterocycles. The first-order chi connectivity index (χ1) is 47.3. The van der Waals surface area contributed by atoms with Crippen LogP contribution in [0.3, 0.4) is 0 Å². The first kappa shape index (κ1) is 80.5. The van der Waals surface area contributed by atoms with E-state index in [1.165, 1.54) is 92.8 Å². The molecular formula is C90H78Au4N2P4+4. The molecule has 0 spiro atoms. The van der Waals surface area contributed by atoms with Gasteiger partial charge in [0.2, 0.25) is 0 Å². The van der Waals surface area contributed by atoms with E-state index in [9.17, 15) is 0 Å². The van der Waals surface area contributed by atoms with Gasteiger partial charge in [0.1, 0.15) is 0 Å². The number of aromatic nitrogens is 2. The van der Waals surface area contributed by atoms with Gasteiger partial charge in [0, 0.05) is 36.2 Å². The summed E-state index contributed by atoms with van der Waals surface area (Å²) in [5.74, 6) is 9.64. The van der Waals surface area contributed by atoms with Crippen LogP contribution in [0.25, 0.3) is 43.6 Å². The van der Waals surface area contributed by atoms with Gasteiger partial charge in [0.25, 0.3) is 0 Å². The van der Waals surface area contributed by atoms with Crippen molar-refractivity contribution in [3.8, 4) is 23.7 Å². The smallest absolute Gasteiger partial charge is 0.366 e. The molecule has 0 radical (unpaired) electrons. The molecule has 0 N–H and O–H groups in total. The molecule has 14 rings (SSSR count). The minimum absolute atomic E-state index is 0. The van der Waals surface area contributed by atoms with Crippen LogP contribution in [0.2, 0.25) is 0 Å². The summed E-state index contributed by atoms with van der Waals surface area (Å²) in [7, 11) is 1.18. The second kappa shape index (κ2) is 41.9. The Morgan fingerprint density at radius 3 is 0.520 bits per heavy atom. The van der Waals surface area contributed by atoms with Crippen molar-refractivity contribution in [2.24, 2.45) is 14.1 Å². The molecule has 10 heteroatoms. The molecule has 12 aromatic carbocycles. The molecule has 0 unspecified atom stereocenters. The molecule has 0 atom stereocenters. The van der Waals surface area contributed by atoms with Crippen LogP contribution < -0.4 is 42.4 Å². The predicted octanol–water partition coefficient (Wildman–Crippen LogP) is 17.4. The average molecular weight is 2100 g/mol. The minimum Gasteiger partial charge on any atom is -0.366 e. The third-order valence-corrected chi connectivity index (χ3v) is 29.4. The van der Waals surface area contributed by atoms with Crippen LogP contribution in [0.1, 0.15) is 47.9 Å². The van der Waals surface area contributed by atoms with E-state index in [1.54, 1.807) is 0 Å². The molecule has 0 saturated heterocycles. The Balaban J connectivity index is 0.000000190. The number of rotatable bonds is 18. The molecule has 2 nitrogen and oxygen atoms in total. The van der Waals surface area contributed by atoms with Gasteiger partial charge < -0.3 is 34.8 Å². The first-order valence-electron chi connectivity index (χ1n) is 32.9. The zero-order valence-electron chi connectivity index (χ0n) is 55.8. The number of hydrogen-bond donors (Lipinski definition) is 0. The maximum Gasteiger partial charge on any atom is 1.00 e. The maximum atomic E-state index is 7.21. The van der Waals surface area contributed by atoms with E-state index in [-0.39, 0.29) is 89.5 Å². The molecule has 0 aliphatic carbocycles. The Kier molecular flexibility index (Phi) is 33.7. The van der Waals surface area contributed by atoms with Crippen LogP contribution in [0.15, 0.2) is 315 Å². The summed E-state index contributed by atoms with van der Waals surface area (Å²) in [5.41, 5.74) is 7.52. The van der Waals surface area contributed by atoms with Crippen LogP contribution >= 0.6 is 31.7 Å². The summed E-state index contributed by atoms with van der Waals surface area (Å²) in [4.78, 5) is 0. The van der Waals surface area contributed by atoms with Crippen LogP contribution in [0.4, 0.5) is 0 Å². The van der Waals surface area contributed by atoms with Crippen molar-refractivity contribution in [2.45, 2.75) is 25.7 Å². The van der Waals surface area contributed by atoms with Crippen molar-refractivity contribution in [2.75, 3.05) is 24.6 Å². The van der Waals surface area contributed by atoms with Gasteiger partial charge in [-0.3, -0.25) is 23.7 Å². The maximum absolute atomic E-state index is 7.21. The van der Waals surface area contributed by atoms with Gasteiger partial charge in [0.15, 0.2) is 0 Å². The summed E-state index contributed by atoms with van der Waals surface area (Å²) < 4.78 is 4.23. The van der Waals surface area contributed by atoms with Gasteiger partial charge in [-0.15, -0.1) is 70.8 Å². The third-order valence-electron chi connectivity index (χ3n) is 17.8. The van der Waals surface area contributed by atoms with Crippen molar-refractivity contribution < 1.29 is 89.5 Å². The zero-order valence-corrected chi connectivity index (χ0v) is 68.4. The number of benzene rings is 12. The second-order valence-corrected chi connectivity index (χ2v) is 34.2. The van der Waals surface area contributed by atoms with Gasteiger partial charge >= 0.3 is 89.5 Å². The van der Waals surface area contributed by atoms with Gasteiger partial charge in [-0.2, -0.15) is 0 Å². The number of fused-ring (bicyclic) bond motifs is 6. The first-order valence-corrected chi connectivity index (χ1v) is 39.8. The van der Waals surface area contributed by atoms with Crippen LogP contribution in [0, 0.1) is 49.4 Å². The Morgan fingerprint density at radius 2 is 0.380 bits per heavy atom. The van der Waals surface area contributed by atoms with E-state index < -0.39 is 31.7 Å². The SMILES string of the molecule is [Au+].[Au+].[Au+].[Au+].[C-]#Cc1ccc2c(c1)c1cc(C#[C-])ccc1n2C.[C-]#Cc1ccc2c(c1)c1cc(C#[C-])ccc1n2C.c1ccc([PH+](CCCC[PH+](c2ccccc2)c2ccccc2)c2ccccc2)cc1.c1ccc([PH+](CCCC[PH+](c2ccccc2)c2ccccc2)c2ccccc2)cc1. The van der Waals surface area contributed by atoms with E-state index >= 15 is 0 Å². The quantitative estimate of drug-likeness (QED) is 0.0266. The molecule has 0 saturated carbocycles. The Labute approximate surface area is 661 Å². The summed E-state index contributed by atoms with van der Waals surface area (Å²) in [6, 6.07) is 113. The molecule has 2 heterocycles. The summed E-state index contributed by atoms with van der Waals surface area (Å²) >= 11 is 0. The summed E-state index contributed by atoms with van der Waals surface area (Å²) in [5, 5.41) is 16.6. The van der Waals surface area contributed by atoms with Crippen molar-refractivity contribution in [3.05, 3.63) is 363 Å². The molecule has 14 aromatic rings. The second-order valence-electron chi connectivity index (χ2n) is 23.8. The Hall–Kier alpha value is -6.84. The Bertz CT molecular complexity index is 4180. The molecule has 0 amide bonds. The van der Waals surface area contributed by atoms with E-state index in [4.69, 9.17) is 25.7 Å². The van der Waals surface area contributed by atoms with E-state index in [0.717, 1.165) is 65.9 Å². The number of unbranched alkanes of at least 4 members (excludes halogenated alkanes) is 2. The molecular weight excluding hydrogens is 2020 g/mol. The summed E-state index contributed by atoms with van der Waals surface area (Å²) in [6.07, 6.45) is 39.3.